The van der Waals surface area contributed by atoms with Gasteiger partial charge in [-0.25, -0.2) is 9.18 Å². The second-order valence-corrected chi connectivity index (χ2v) is 4.47. The molecular weight excluding hydrogens is 257 g/mol. The summed E-state index contributed by atoms with van der Waals surface area (Å²) < 4.78 is 14.5. The molecule has 1 N–H and O–H groups in total. The zero-order valence-corrected chi connectivity index (χ0v) is 10.6. The zero-order chi connectivity index (χ0) is 14.1. The minimum Gasteiger partial charge on any atom is -0.304 e. The molecule has 0 saturated carbocycles. The van der Waals surface area contributed by atoms with Crippen LogP contribution in [0.2, 0.25) is 0 Å². The number of imidazole rings is 1. The number of benzene rings is 1. The van der Waals surface area contributed by atoms with Crippen molar-refractivity contribution in [3.05, 3.63) is 70.7 Å². The second-order valence-electron chi connectivity index (χ2n) is 4.47. The number of fused-ring (bicyclic) bond motifs is 1. The van der Waals surface area contributed by atoms with Gasteiger partial charge in [0.1, 0.15) is 5.82 Å². The summed E-state index contributed by atoms with van der Waals surface area (Å²) >= 11 is 0. The SMILES string of the molecule is C=Cc1cncc2[nH]c(=O)n(Cc3ccc(F)cc3)c12. The third-order valence-corrected chi connectivity index (χ3v) is 3.18. The molecule has 0 bridgehead atoms. The highest BCUT2D eigenvalue weighted by Gasteiger charge is 2.10. The van der Waals surface area contributed by atoms with Gasteiger partial charge >= 0.3 is 5.69 Å². The van der Waals surface area contributed by atoms with E-state index < -0.39 is 0 Å². The fourth-order valence-electron chi connectivity index (χ4n) is 2.22. The quantitative estimate of drug-likeness (QED) is 0.794. The summed E-state index contributed by atoms with van der Waals surface area (Å²) in [6, 6.07) is 6.08. The lowest BCUT2D eigenvalue weighted by atomic mass is 10.2. The fourth-order valence-corrected chi connectivity index (χ4v) is 2.22. The molecule has 5 heteroatoms. The molecule has 0 unspecified atom stereocenters. The number of hydrogen-bond acceptors (Lipinski definition) is 2. The molecule has 2 aromatic heterocycles. The average Bonchev–Trinajstić information content (AvgIpc) is 2.77. The van der Waals surface area contributed by atoms with Gasteiger partial charge in [0.05, 0.1) is 23.8 Å². The summed E-state index contributed by atoms with van der Waals surface area (Å²) in [6.07, 6.45) is 4.92. The highest BCUT2D eigenvalue weighted by molar-refractivity contribution is 5.83. The van der Waals surface area contributed by atoms with Gasteiger partial charge in [-0.05, 0) is 17.7 Å². The van der Waals surface area contributed by atoms with E-state index in [-0.39, 0.29) is 11.5 Å². The number of hydrogen-bond donors (Lipinski definition) is 1. The van der Waals surface area contributed by atoms with Gasteiger partial charge in [0.25, 0.3) is 0 Å². The molecular formula is C15H12FN3O. The summed E-state index contributed by atoms with van der Waals surface area (Å²) in [7, 11) is 0. The Balaban J connectivity index is 2.15. The molecule has 0 radical (unpaired) electrons. The van der Waals surface area contributed by atoms with Gasteiger partial charge in [-0.15, -0.1) is 0 Å². The third kappa shape index (κ3) is 2.03. The Morgan fingerprint density at radius 3 is 2.75 bits per heavy atom. The van der Waals surface area contributed by atoms with Crippen LogP contribution in [-0.2, 0) is 6.54 Å². The first-order chi connectivity index (χ1) is 9.69. The lowest BCUT2D eigenvalue weighted by Crippen LogP contribution is -2.17. The summed E-state index contributed by atoms with van der Waals surface area (Å²) in [6.45, 7) is 4.10. The van der Waals surface area contributed by atoms with Gasteiger partial charge in [-0.1, -0.05) is 24.8 Å². The Bertz CT molecular complexity index is 830. The minimum atomic E-state index is -0.295. The van der Waals surface area contributed by atoms with E-state index in [1.54, 1.807) is 35.2 Å². The molecule has 0 aliphatic carbocycles. The summed E-state index contributed by atoms with van der Waals surface area (Å²) in [5.74, 6) is -0.295. The van der Waals surface area contributed by atoms with E-state index in [9.17, 15) is 9.18 Å². The normalized spacial score (nSPS) is 10.8. The molecule has 0 atom stereocenters. The van der Waals surface area contributed by atoms with E-state index in [4.69, 9.17) is 0 Å². The van der Waals surface area contributed by atoms with E-state index in [0.717, 1.165) is 16.6 Å². The fraction of sp³-hybridized carbons (Fsp3) is 0.0667. The van der Waals surface area contributed by atoms with Crippen LogP contribution in [0.4, 0.5) is 4.39 Å². The van der Waals surface area contributed by atoms with Gasteiger partial charge < -0.3 is 4.98 Å². The largest absolute Gasteiger partial charge is 0.326 e. The maximum atomic E-state index is 12.9. The van der Waals surface area contributed by atoms with Gasteiger partial charge in [-0.3, -0.25) is 9.55 Å². The van der Waals surface area contributed by atoms with Gasteiger partial charge in [0.15, 0.2) is 0 Å². The van der Waals surface area contributed by atoms with E-state index >= 15 is 0 Å². The minimum absolute atomic E-state index is 0.222. The summed E-state index contributed by atoms with van der Waals surface area (Å²) in [5.41, 5.74) is 2.82. The van der Waals surface area contributed by atoms with Crippen molar-refractivity contribution in [2.45, 2.75) is 6.54 Å². The summed E-state index contributed by atoms with van der Waals surface area (Å²) in [4.78, 5) is 18.9. The first kappa shape index (κ1) is 12.3. The van der Waals surface area contributed by atoms with Crippen LogP contribution in [0.5, 0.6) is 0 Å². The van der Waals surface area contributed by atoms with E-state index in [1.807, 2.05) is 0 Å². The van der Waals surface area contributed by atoms with Crippen LogP contribution in [0.1, 0.15) is 11.1 Å². The molecule has 2 heterocycles. The van der Waals surface area contributed by atoms with Crippen molar-refractivity contribution in [3.8, 4) is 0 Å². The molecule has 1 aromatic carbocycles. The maximum absolute atomic E-state index is 12.9. The Hall–Kier alpha value is -2.69. The maximum Gasteiger partial charge on any atom is 0.326 e. The van der Waals surface area contributed by atoms with Crippen molar-refractivity contribution in [2.24, 2.45) is 0 Å². The molecule has 0 amide bonds. The zero-order valence-electron chi connectivity index (χ0n) is 10.6. The highest BCUT2D eigenvalue weighted by Crippen LogP contribution is 2.16. The van der Waals surface area contributed by atoms with Crippen molar-refractivity contribution in [1.29, 1.82) is 0 Å². The standard InChI is InChI=1S/C15H12FN3O/c1-2-11-7-17-8-13-14(11)19(15(20)18-13)9-10-3-5-12(16)6-4-10/h2-8H,1,9H2,(H,18,20). The monoisotopic (exact) mass is 269 g/mol. The molecule has 0 aliphatic heterocycles. The molecule has 0 fully saturated rings. The Morgan fingerprint density at radius 2 is 2.05 bits per heavy atom. The van der Waals surface area contributed by atoms with Crippen LogP contribution in [0, 0.1) is 5.82 Å². The van der Waals surface area contributed by atoms with E-state index in [0.29, 0.717) is 12.1 Å². The number of aromatic nitrogens is 3. The Kier molecular flexibility index (Phi) is 2.95. The molecule has 0 aliphatic rings. The van der Waals surface area contributed by atoms with Crippen LogP contribution in [-0.4, -0.2) is 14.5 Å². The predicted octanol–water partition coefficient (Wildman–Crippen LogP) is 2.56. The first-order valence-corrected chi connectivity index (χ1v) is 6.12. The Morgan fingerprint density at radius 1 is 1.30 bits per heavy atom. The molecule has 20 heavy (non-hydrogen) atoms. The highest BCUT2D eigenvalue weighted by atomic mass is 19.1. The second kappa shape index (κ2) is 4.77. The lowest BCUT2D eigenvalue weighted by molar-refractivity contribution is 0.626. The Labute approximate surface area is 114 Å². The van der Waals surface area contributed by atoms with Crippen LogP contribution in [0.15, 0.2) is 48.0 Å². The van der Waals surface area contributed by atoms with Crippen LogP contribution in [0.25, 0.3) is 17.1 Å². The van der Waals surface area contributed by atoms with Crippen LogP contribution >= 0.6 is 0 Å². The summed E-state index contributed by atoms with van der Waals surface area (Å²) in [5, 5.41) is 0. The number of pyridine rings is 1. The van der Waals surface area contributed by atoms with Crippen molar-refractivity contribution >= 4 is 17.1 Å². The number of nitrogens with one attached hydrogen (secondary N) is 1. The van der Waals surface area contributed by atoms with Crippen molar-refractivity contribution in [2.75, 3.05) is 0 Å². The predicted molar refractivity (Wildman–Crippen MR) is 75.9 cm³/mol. The molecule has 3 rings (SSSR count). The van der Waals surface area contributed by atoms with Gasteiger partial charge in [-0.2, -0.15) is 0 Å². The van der Waals surface area contributed by atoms with E-state index in [1.165, 1.54) is 12.1 Å². The molecule has 0 spiro atoms. The van der Waals surface area contributed by atoms with Crippen LogP contribution in [0.3, 0.4) is 0 Å². The number of nitrogens with zero attached hydrogens (tertiary/aromatic N) is 2. The third-order valence-electron chi connectivity index (χ3n) is 3.18. The lowest BCUT2D eigenvalue weighted by Gasteiger charge is -2.05. The van der Waals surface area contributed by atoms with Crippen LogP contribution < -0.4 is 5.69 Å². The first-order valence-electron chi connectivity index (χ1n) is 6.12. The van der Waals surface area contributed by atoms with E-state index in [2.05, 4.69) is 16.5 Å². The van der Waals surface area contributed by atoms with Gasteiger partial charge in [0.2, 0.25) is 0 Å². The topological polar surface area (TPSA) is 50.7 Å². The number of H-pyrrole nitrogens is 1. The molecule has 3 aromatic rings. The molecule has 0 saturated heterocycles. The smallest absolute Gasteiger partial charge is 0.304 e. The van der Waals surface area contributed by atoms with Crippen molar-refractivity contribution < 1.29 is 4.39 Å². The van der Waals surface area contributed by atoms with Crippen molar-refractivity contribution in [1.82, 2.24) is 14.5 Å². The van der Waals surface area contributed by atoms with Crippen molar-refractivity contribution in [3.63, 3.8) is 0 Å². The number of aromatic amines is 1. The average molecular weight is 269 g/mol. The molecule has 100 valence electrons. The molecule has 4 nitrogen and oxygen atoms in total. The number of halogens is 1. The van der Waals surface area contributed by atoms with Gasteiger partial charge in [0, 0.05) is 11.8 Å². The number of rotatable bonds is 3.